The minimum atomic E-state index is -3.40. The first kappa shape index (κ1) is 17.3. The summed E-state index contributed by atoms with van der Waals surface area (Å²) >= 11 is 6.87. The van der Waals surface area contributed by atoms with E-state index in [9.17, 15) is 13.2 Å². The van der Waals surface area contributed by atoms with Gasteiger partial charge in [0.1, 0.15) is 9.36 Å². The van der Waals surface area contributed by atoms with E-state index in [2.05, 4.69) is 10.3 Å². The average molecular weight is 386 g/mol. The molecular formula is C15H16ClN3O3S2. The van der Waals surface area contributed by atoms with Gasteiger partial charge in [0.2, 0.25) is 0 Å². The highest BCUT2D eigenvalue weighted by molar-refractivity contribution is 7.91. The van der Waals surface area contributed by atoms with E-state index < -0.39 is 10.0 Å². The molecule has 128 valence electrons. The van der Waals surface area contributed by atoms with Crippen LogP contribution < -0.4 is 5.32 Å². The van der Waals surface area contributed by atoms with Crippen LogP contribution in [-0.2, 0) is 16.6 Å². The van der Waals surface area contributed by atoms with Gasteiger partial charge in [-0.3, -0.25) is 4.79 Å². The van der Waals surface area contributed by atoms with Gasteiger partial charge in [0.05, 0.1) is 12.1 Å². The van der Waals surface area contributed by atoms with Crippen molar-refractivity contribution >= 4 is 38.9 Å². The van der Waals surface area contributed by atoms with Crippen LogP contribution in [0.1, 0.15) is 28.1 Å². The van der Waals surface area contributed by atoms with E-state index in [1.165, 1.54) is 21.8 Å². The average Bonchev–Trinajstić information content (AvgIpc) is 3.25. The molecule has 0 bridgehead atoms. The topological polar surface area (TPSA) is 79.4 Å². The summed E-state index contributed by atoms with van der Waals surface area (Å²) in [5.41, 5.74) is 0.404. The Bertz CT molecular complexity index is 828. The molecule has 1 saturated heterocycles. The number of halogens is 1. The van der Waals surface area contributed by atoms with Crippen LogP contribution >= 0.6 is 22.9 Å². The Kier molecular flexibility index (Phi) is 5.19. The number of hydrogen-bond donors (Lipinski definition) is 1. The van der Waals surface area contributed by atoms with Gasteiger partial charge in [0, 0.05) is 24.2 Å². The highest BCUT2D eigenvalue weighted by atomic mass is 35.5. The van der Waals surface area contributed by atoms with Crippen LogP contribution in [0.3, 0.4) is 0 Å². The molecule has 24 heavy (non-hydrogen) atoms. The van der Waals surface area contributed by atoms with Gasteiger partial charge in [0.15, 0.2) is 0 Å². The molecule has 0 spiro atoms. The Hall–Kier alpha value is -1.48. The van der Waals surface area contributed by atoms with E-state index in [4.69, 9.17) is 11.6 Å². The van der Waals surface area contributed by atoms with Gasteiger partial charge in [-0.25, -0.2) is 13.4 Å². The molecule has 0 radical (unpaired) electrons. The highest BCUT2D eigenvalue weighted by Crippen LogP contribution is 2.27. The van der Waals surface area contributed by atoms with Crippen molar-refractivity contribution < 1.29 is 13.2 Å². The molecule has 1 fully saturated rings. The SMILES string of the molecule is O=C(NCc1ccc(S(=O)(=O)N2CCCC2)s1)c1ccc(Cl)nc1. The normalized spacial score (nSPS) is 15.5. The van der Waals surface area contributed by atoms with Crippen molar-refractivity contribution in [3.8, 4) is 0 Å². The molecule has 0 aliphatic carbocycles. The number of aromatic nitrogens is 1. The second-order valence-corrected chi connectivity index (χ2v) is 9.10. The van der Waals surface area contributed by atoms with Gasteiger partial charge in [-0.05, 0) is 37.1 Å². The number of nitrogens with one attached hydrogen (secondary N) is 1. The lowest BCUT2D eigenvalue weighted by molar-refractivity contribution is 0.0951. The fraction of sp³-hybridized carbons (Fsp3) is 0.333. The van der Waals surface area contributed by atoms with Crippen LogP contribution in [0.15, 0.2) is 34.7 Å². The molecule has 9 heteroatoms. The maximum atomic E-state index is 12.5. The second kappa shape index (κ2) is 7.18. The fourth-order valence-electron chi connectivity index (χ4n) is 2.43. The van der Waals surface area contributed by atoms with Gasteiger partial charge in [-0.2, -0.15) is 4.31 Å². The number of thiophene rings is 1. The van der Waals surface area contributed by atoms with Gasteiger partial charge in [0.25, 0.3) is 15.9 Å². The number of hydrogen-bond acceptors (Lipinski definition) is 5. The molecule has 3 heterocycles. The summed E-state index contributed by atoms with van der Waals surface area (Å²) < 4.78 is 26.8. The third-order valence-electron chi connectivity index (χ3n) is 3.71. The van der Waals surface area contributed by atoms with Crippen molar-refractivity contribution in [3.05, 3.63) is 46.1 Å². The third kappa shape index (κ3) is 3.77. The Morgan fingerprint density at radius 2 is 2.00 bits per heavy atom. The molecule has 1 amide bonds. The van der Waals surface area contributed by atoms with E-state index in [-0.39, 0.29) is 12.5 Å². The van der Waals surface area contributed by atoms with E-state index in [1.807, 2.05) is 0 Å². The molecule has 1 aliphatic rings. The van der Waals surface area contributed by atoms with Gasteiger partial charge >= 0.3 is 0 Å². The summed E-state index contributed by atoms with van der Waals surface area (Å²) in [4.78, 5) is 16.7. The summed E-state index contributed by atoms with van der Waals surface area (Å²) in [5, 5.41) is 3.07. The van der Waals surface area contributed by atoms with Crippen LogP contribution in [0.4, 0.5) is 0 Å². The predicted octanol–water partition coefficient (Wildman–Crippen LogP) is 2.51. The Labute approximate surface area is 149 Å². The molecule has 0 atom stereocenters. The summed E-state index contributed by atoms with van der Waals surface area (Å²) in [6.07, 6.45) is 3.21. The molecule has 0 unspecified atom stereocenters. The van der Waals surface area contributed by atoms with E-state index in [1.54, 1.807) is 24.3 Å². The van der Waals surface area contributed by atoms with Crippen molar-refractivity contribution in [2.24, 2.45) is 0 Å². The third-order valence-corrected chi connectivity index (χ3v) is 7.38. The largest absolute Gasteiger partial charge is 0.347 e. The van der Waals surface area contributed by atoms with Crippen LogP contribution in [0, 0.1) is 0 Å². The first-order chi connectivity index (χ1) is 11.5. The highest BCUT2D eigenvalue weighted by Gasteiger charge is 2.28. The van der Waals surface area contributed by atoms with Crippen molar-refractivity contribution in [2.75, 3.05) is 13.1 Å². The number of carbonyl (C=O) groups is 1. The minimum Gasteiger partial charge on any atom is -0.347 e. The second-order valence-electron chi connectivity index (χ2n) is 5.38. The zero-order valence-electron chi connectivity index (χ0n) is 12.7. The van der Waals surface area contributed by atoms with Crippen LogP contribution in [0.2, 0.25) is 5.15 Å². The molecule has 2 aromatic heterocycles. The summed E-state index contributed by atoms with van der Waals surface area (Å²) in [6.45, 7) is 1.42. The van der Waals surface area contributed by atoms with E-state index in [0.717, 1.165) is 17.7 Å². The molecule has 6 nitrogen and oxygen atoms in total. The lowest BCUT2D eigenvalue weighted by atomic mass is 10.2. The molecular weight excluding hydrogens is 370 g/mol. The fourth-order valence-corrected chi connectivity index (χ4v) is 5.51. The maximum absolute atomic E-state index is 12.5. The summed E-state index contributed by atoms with van der Waals surface area (Å²) in [7, 11) is -3.40. The quantitative estimate of drug-likeness (QED) is 0.802. The van der Waals surface area contributed by atoms with E-state index >= 15 is 0 Å². The lowest BCUT2D eigenvalue weighted by Crippen LogP contribution is -2.27. The lowest BCUT2D eigenvalue weighted by Gasteiger charge is -2.13. The van der Waals surface area contributed by atoms with Crippen molar-refractivity contribution in [2.45, 2.75) is 23.6 Å². The van der Waals surface area contributed by atoms with Gasteiger partial charge in [-0.15, -0.1) is 11.3 Å². The smallest absolute Gasteiger partial charge is 0.253 e. The molecule has 1 N–H and O–H groups in total. The minimum absolute atomic E-state index is 0.266. The molecule has 0 aromatic carbocycles. The molecule has 2 aromatic rings. The maximum Gasteiger partial charge on any atom is 0.253 e. The zero-order chi connectivity index (χ0) is 17.2. The van der Waals surface area contributed by atoms with E-state index in [0.29, 0.717) is 28.0 Å². The number of sulfonamides is 1. The molecule has 3 rings (SSSR count). The Morgan fingerprint density at radius 3 is 2.67 bits per heavy atom. The van der Waals surface area contributed by atoms with Crippen molar-refractivity contribution in [1.29, 1.82) is 0 Å². The molecule has 1 aliphatic heterocycles. The Balaban J connectivity index is 1.64. The van der Waals surface area contributed by atoms with Crippen LogP contribution in [0.25, 0.3) is 0 Å². The number of nitrogens with zero attached hydrogens (tertiary/aromatic N) is 2. The standard InChI is InChI=1S/C15H16ClN3O3S2/c16-13-5-3-11(9-17-13)15(20)18-10-12-4-6-14(23-12)24(21,22)19-7-1-2-8-19/h3-6,9H,1-2,7-8,10H2,(H,18,20). The number of pyridine rings is 1. The number of carbonyl (C=O) groups excluding carboxylic acids is 1. The molecule has 0 saturated carbocycles. The summed E-state index contributed by atoms with van der Waals surface area (Å²) in [5.74, 6) is -0.281. The van der Waals surface area contributed by atoms with Crippen molar-refractivity contribution in [3.63, 3.8) is 0 Å². The monoisotopic (exact) mass is 385 g/mol. The number of rotatable bonds is 5. The summed E-state index contributed by atoms with van der Waals surface area (Å²) in [6, 6.07) is 6.46. The van der Waals surface area contributed by atoms with Crippen LogP contribution in [0.5, 0.6) is 0 Å². The van der Waals surface area contributed by atoms with Crippen molar-refractivity contribution in [1.82, 2.24) is 14.6 Å². The van der Waals surface area contributed by atoms with Crippen LogP contribution in [-0.4, -0.2) is 36.7 Å². The number of amides is 1. The predicted molar refractivity (Wildman–Crippen MR) is 92.7 cm³/mol. The van der Waals surface area contributed by atoms with Gasteiger partial charge in [-0.1, -0.05) is 11.6 Å². The van der Waals surface area contributed by atoms with Gasteiger partial charge < -0.3 is 5.32 Å². The Morgan fingerprint density at radius 1 is 1.25 bits per heavy atom. The first-order valence-electron chi connectivity index (χ1n) is 7.45. The zero-order valence-corrected chi connectivity index (χ0v) is 15.1. The first-order valence-corrected chi connectivity index (χ1v) is 10.1.